The van der Waals surface area contributed by atoms with Crippen LogP contribution in [0.4, 0.5) is 4.79 Å². The van der Waals surface area contributed by atoms with E-state index in [2.05, 4.69) is 29.2 Å². The first-order chi connectivity index (χ1) is 19.1. The van der Waals surface area contributed by atoms with E-state index < -0.39 is 0 Å². The second-order valence-corrected chi connectivity index (χ2v) is 10.9. The molecule has 0 spiro atoms. The molecule has 1 aromatic heterocycles. The summed E-state index contributed by atoms with van der Waals surface area (Å²) in [6, 6.07) is 24.1. The molecule has 2 bridgehead atoms. The minimum Gasteiger partial charge on any atom is -0.448 e. The highest BCUT2D eigenvalue weighted by Crippen LogP contribution is 2.45. The van der Waals surface area contributed by atoms with E-state index in [9.17, 15) is 9.59 Å². The van der Waals surface area contributed by atoms with Gasteiger partial charge < -0.3 is 9.47 Å². The van der Waals surface area contributed by atoms with Crippen LogP contribution in [-0.4, -0.2) is 53.7 Å². The number of hydrogen-bond acceptors (Lipinski definition) is 5. The molecule has 39 heavy (non-hydrogen) atoms. The van der Waals surface area contributed by atoms with Gasteiger partial charge >= 0.3 is 6.09 Å². The monoisotopic (exact) mass is 518 g/mol. The molecule has 4 aromatic rings. The van der Waals surface area contributed by atoms with Crippen LogP contribution in [0.2, 0.25) is 0 Å². The van der Waals surface area contributed by atoms with E-state index in [0.29, 0.717) is 26.1 Å². The summed E-state index contributed by atoms with van der Waals surface area (Å²) >= 11 is 0. The van der Waals surface area contributed by atoms with Gasteiger partial charge in [-0.05, 0) is 53.6 Å². The highest BCUT2D eigenvalue weighted by molar-refractivity contribution is 6.03. The number of hydrogen-bond donors (Lipinski definition) is 0. The minimum absolute atomic E-state index is 0.0149. The maximum absolute atomic E-state index is 13.7. The molecule has 1 amide bonds. The predicted octanol–water partition coefficient (Wildman–Crippen LogP) is 6.15. The van der Waals surface area contributed by atoms with Crippen molar-refractivity contribution in [3.63, 3.8) is 0 Å². The number of morpholine rings is 1. The molecule has 3 aromatic carbocycles. The number of ether oxygens (including phenoxy) is 2. The molecular formula is C33H30N2O4. The van der Waals surface area contributed by atoms with Crippen molar-refractivity contribution in [2.45, 2.75) is 37.8 Å². The molecule has 2 fully saturated rings. The molecule has 6 heteroatoms. The average Bonchev–Trinajstić information content (AvgIpc) is 3.29. The van der Waals surface area contributed by atoms with Crippen molar-refractivity contribution in [2.75, 3.05) is 19.8 Å². The molecule has 0 saturated carbocycles. The molecule has 0 radical (unpaired) electrons. The molecule has 0 N–H and O–H groups in total. The number of amides is 1. The number of carbonyl (C=O) groups is 2. The lowest BCUT2D eigenvalue weighted by Crippen LogP contribution is -2.60. The number of piperidine rings is 1. The standard InChI is InChI=1S/C33H30N2O4/c1-20-25(13-12-21-7-6-14-34-31(20)21)32(36)22-15-23-17-38-18-24(16-22)35(23)33(37)39-19-30-28-10-4-2-8-26(28)27-9-3-5-11-29(27)30/h2-14,22-24,30H,15-19H2,1H3. The molecule has 196 valence electrons. The van der Waals surface area contributed by atoms with Gasteiger partial charge in [0.25, 0.3) is 0 Å². The first-order valence-corrected chi connectivity index (χ1v) is 13.7. The fraction of sp³-hybridized carbons (Fsp3) is 0.303. The second-order valence-electron chi connectivity index (χ2n) is 10.9. The van der Waals surface area contributed by atoms with Gasteiger partial charge in [-0.15, -0.1) is 0 Å². The largest absolute Gasteiger partial charge is 0.448 e. The molecule has 3 heterocycles. The van der Waals surface area contributed by atoms with Crippen LogP contribution in [0.25, 0.3) is 22.0 Å². The second kappa shape index (κ2) is 9.62. The molecule has 2 aliphatic heterocycles. The lowest BCUT2D eigenvalue weighted by molar-refractivity contribution is -0.0747. The number of fused-ring (bicyclic) bond motifs is 6. The zero-order chi connectivity index (χ0) is 26.5. The molecule has 1 aliphatic carbocycles. The Balaban J connectivity index is 1.08. The lowest BCUT2D eigenvalue weighted by Gasteiger charge is -2.47. The molecule has 2 unspecified atom stereocenters. The summed E-state index contributed by atoms with van der Waals surface area (Å²) in [7, 11) is 0. The van der Waals surface area contributed by atoms with Crippen LogP contribution in [0.3, 0.4) is 0 Å². The third-order valence-corrected chi connectivity index (χ3v) is 8.73. The Morgan fingerprint density at radius 2 is 1.56 bits per heavy atom. The summed E-state index contributed by atoms with van der Waals surface area (Å²) in [6.07, 6.45) is 2.59. The maximum Gasteiger partial charge on any atom is 0.410 e. The van der Waals surface area contributed by atoms with Gasteiger partial charge in [0, 0.05) is 29.0 Å². The smallest absolute Gasteiger partial charge is 0.410 e. The van der Waals surface area contributed by atoms with Gasteiger partial charge in [-0.2, -0.15) is 0 Å². The minimum atomic E-state index is -0.313. The Bertz CT molecular complexity index is 1540. The Kier molecular flexibility index (Phi) is 5.93. The summed E-state index contributed by atoms with van der Waals surface area (Å²) in [6.45, 7) is 3.10. The Morgan fingerprint density at radius 1 is 0.897 bits per heavy atom. The quantitative estimate of drug-likeness (QED) is 0.303. The third kappa shape index (κ3) is 4.02. The number of Topliss-reactive ketones (excluding diaryl/α,β-unsaturated/α-hetero) is 1. The number of rotatable bonds is 4. The number of aryl methyl sites for hydroxylation is 1. The van der Waals surface area contributed by atoms with Crippen LogP contribution in [0.5, 0.6) is 0 Å². The van der Waals surface area contributed by atoms with E-state index in [1.807, 2.05) is 60.4 Å². The topological polar surface area (TPSA) is 68.7 Å². The molecule has 6 nitrogen and oxygen atoms in total. The van der Waals surface area contributed by atoms with Gasteiger partial charge in [0.05, 0.1) is 30.8 Å². The molecule has 7 rings (SSSR count). The first kappa shape index (κ1) is 24.0. The van der Waals surface area contributed by atoms with Gasteiger partial charge in [0.1, 0.15) is 6.61 Å². The molecule has 2 saturated heterocycles. The van der Waals surface area contributed by atoms with Gasteiger partial charge in [0.2, 0.25) is 0 Å². The van der Waals surface area contributed by atoms with Crippen molar-refractivity contribution in [1.29, 1.82) is 0 Å². The van der Waals surface area contributed by atoms with Crippen molar-refractivity contribution < 1.29 is 19.1 Å². The van der Waals surface area contributed by atoms with E-state index in [1.54, 1.807) is 6.20 Å². The van der Waals surface area contributed by atoms with Crippen molar-refractivity contribution >= 4 is 22.8 Å². The van der Waals surface area contributed by atoms with Gasteiger partial charge in [-0.3, -0.25) is 14.7 Å². The molecule has 2 atom stereocenters. The molecular weight excluding hydrogens is 488 g/mol. The van der Waals surface area contributed by atoms with Crippen LogP contribution in [-0.2, 0) is 9.47 Å². The number of ketones is 1. The summed E-state index contributed by atoms with van der Waals surface area (Å²) < 4.78 is 11.8. The number of carbonyl (C=O) groups excluding carboxylic acids is 2. The lowest BCUT2D eigenvalue weighted by atomic mass is 9.80. The SMILES string of the molecule is Cc1c(C(=O)C2CC3COCC(C2)N3C(=O)OCC2c3ccccc3-c3ccccc32)ccc2cccnc12. The van der Waals surface area contributed by atoms with E-state index in [-0.39, 0.29) is 42.4 Å². The number of benzene rings is 3. The fourth-order valence-electron chi connectivity index (χ4n) is 6.87. The van der Waals surface area contributed by atoms with Crippen LogP contribution in [0.1, 0.15) is 45.8 Å². The van der Waals surface area contributed by atoms with Crippen LogP contribution in [0.15, 0.2) is 79.0 Å². The Hall–Kier alpha value is -4.03. The van der Waals surface area contributed by atoms with Gasteiger partial charge in [-0.1, -0.05) is 66.7 Å². The maximum atomic E-state index is 13.7. The Labute approximate surface area is 227 Å². The van der Waals surface area contributed by atoms with Gasteiger partial charge in [-0.25, -0.2) is 4.79 Å². The third-order valence-electron chi connectivity index (χ3n) is 8.73. The summed E-state index contributed by atoms with van der Waals surface area (Å²) in [5, 5.41) is 1.03. The molecule has 3 aliphatic rings. The van der Waals surface area contributed by atoms with Crippen molar-refractivity contribution in [3.8, 4) is 11.1 Å². The average molecular weight is 519 g/mol. The van der Waals surface area contributed by atoms with E-state index in [1.165, 1.54) is 22.3 Å². The summed E-state index contributed by atoms with van der Waals surface area (Å²) in [5.41, 5.74) is 7.30. The van der Waals surface area contributed by atoms with Crippen molar-refractivity contribution in [2.24, 2.45) is 5.92 Å². The fourth-order valence-corrected chi connectivity index (χ4v) is 6.87. The highest BCUT2D eigenvalue weighted by atomic mass is 16.6. The zero-order valence-electron chi connectivity index (χ0n) is 21.9. The first-order valence-electron chi connectivity index (χ1n) is 13.7. The van der Waals surface area contributed by atoms with Crippen LogP contribution < -0.4 is 0 Å². The Morgan fingerprint density at radius 3 is 2.26 bits per heavy atom. The summed E-state index contributed by atoms with van der Waals surface area (Å²) in [4.78, 5) is 33.5. The highest BCUT2D eigenvalue weighted by Gasteiger charge is 2.45. The van der Waals surface area contributed by atoms with Crippen molar-refractivity contribution in [3.05, 3.63) is 101 Å². The van der Waals surface area contributed by atoms with E-state index in [0.717, 1.165) is 22.0 Å². The van der Waals surface area contributed by atoms with Crippen LogP contribution in [0, 0.1) is 12.8 Å². The van der Waals surface area contributed by atoms with E-state index in [4.69, 9.17) is 9.47 Å². The zero-order valence-corrected chi connectivity index (χ0v) is 21.9. The van der Waals surface area contributed by atoms with E-state index >= 15 is 0 Å². The van der Waals surface area contributed by atoms with Crippen molar-refractivity contribution in [1.82, 2.24) is 9.88 Å². The number of aromatic nitrogens is 1. The summed E-state index contributed by atoms with van der Waals surface area (Å²) in [5.74, 6) is -0.0217. The number of pyridine rings is 1. The van der Waals surface area contributed by atoms with Gasteiger partial charge in [0.15, 0.2) is 5.78 Å². The predicted molar refractivity (Wildman–Crippen MR) is 149 cm³/mol. The van der Waals surface area contributed by atoms with Crippen LogP contribution >= 0.6 is 0 Å². The number of nitrogens with zero attached hydrogens (tertiary/aromatic N) is 2. The normalized spacial score (nSPS) is 21.9.